The molecule has 6 heteroatoms. The van der Waals surface area contributed by atoms with Crippen LogP contribution in [0.3, 0.4) is 0 Å². The van der Waals surface area contributed by atoms with E-state index in [0.29, 0.717) is 23.9 Å². The summed E-state index contributed by atoms with van der Waals surface area (Å²) < 4.78 is 10.8. The van der Waals surface area contributed by atoms with E-state index in [4.69, 9.17) is 9.15 Å². The standard InChI is InChI=1S/C19H17NO4S/c21-18(20(14-5-6-14)11-16-2-1-9-25-16)12-23-15-7-3-13-4-8-19(22)24-17(13)10-15/h1-4,7-10,14H,5-6,11-12H2. The largest absolute Gasteiger partial charge is 0.484 e. The van der Waals surface area contributed by atoms with Gasteiger partial charge in [-0.1, -0.05) is 6.07 Å². The Balaban J connectivity index is 1.44. The summed E-state index contributed by atoms with van der Waals surface area (Å²) in [6, 6.07) is 12.7. The molecule has 3 aromatic rings. The van der Waals surface area contributed by atoms with Gasteiger partial charge in [0.1, 0.15) is 11.3 Å². The Morgan fingerprint density at radius 1 is 1.24 bits per heavy atom. The Bertz CT molecular complexity index is 943. The van der Waals surface area contributed by atoms with Crippen LogP contribution in [-0.2, 0) is 11.3 Å². The van der Waals surface area contributed by atoms with Crippen LogP contribution >= 0.6 is 11.3 Å². The topological polar surface area (TPSA) is 59.8 Å². The zero-order chi connectivity index (χ0) is 17.2. The highest BCUT2D eigenvalue weighted by Crippen LogP contribution is 2.29. The summed E-state index contributed by atoms with van der Waals surface area (Å²) in [6.07, 6.45) is 2.11. The molecular formula is C19H17NO4S. The van der Waals surface area contributed by atoms with Crippen molar-refractivity contribution < 1.29 is 13.9 Å². The summed E-state index contributed by atoms with van der Waals surface area (Å²) in [4.78, 5) is 27.0. The third kappa shape index (κ3) is 3.74. The summed E-state index contributed by atoms with van der Waals surface area (Å²) in [5.74, 6) is 0.493. The number of fused-ring (bicyclic) bond motifs is 1. The number of benzene rings is 1. The first kappa shape index (κ1) is 15.9. The molecule has 1 saturated carbocycles. The van der Waals surface area contributed by atoms with Crippen molar-refractivity contribution >= 4 is 28.2 Å². The molecule has 0 N–H and O–H groups in total. The second kappa shape index (κ2) is 6.72. The lowest BCUT2D eigenvalue weighted by molar-refractivity contribution is -0.134. The average molecular weight is 355 g/mol. The van der Waals surface area contributed by atoms with E-state index in [1.54, 1.807) is 29.5 Å². The number of hydrogen-bond donors (Lipinski definition) is 0. The van der Waals surface area contributed by atoms with Crippen molar-refractivity contribution in [3.05, 3.63) is 63.1 Å². The van der Waals surface area contributed by atoms with Gasteiger partial charge in [-0.15, -0.1) is 11.3 Å². The van der Waals surface area contributed by atoms with Gasteiger partial charge in [-0.05, 0) is 42.5 Å². The Morgan fingerprint density at radius 2 is 2.08 bits per heavy atom. The van der Waals surface area contributed by atoms with Crippen LogP contribution in [0.1, 0.15) is 17.7 Å². The number of carbonyl (C=O) groups is 1. The van der Waals surface area contributed by atoms with E-state index in [2.05, 4.69) is 0 Å². The van der Waals surface area contributed by atoms with Crippen molar-refractivity contribution in [1.29, 1.82) is 0 Å². The predicted molar refractivity (Wildman–Crippen MR) is 95.9 cm³/mol. The minimum Gasteiger partial charge on any atom is -0.484 e. The number of rotatable bonds is 6. The fourth-order valence-electron chi connectivity index (χ4n) is 2.74. The molecule has 2 aromatic heterocycles. The molecule has 0 spiro atoms. The van der Waals surface area contributed by atoms with Gasteiger partial charge in [0.05, 0.1) is 6.54 Å². The van der Waals surface area contributed by atoms with Crippen LogP contribution in [0, 0.1) is 0 Å². The summed E-state index contributed by atoms with van der Waals surface area (Å²) in [5.41, 5.74) is 0.0478. The van der Waals surface area contributed by atoms with E-state index in [0.717, 1.165) is 18.2 Å². The molecular weight excluding hydrogens is 338 g/mol. The number of thiophene rings is 1. The van der Waals surface area contributed by atoms with Crippen LogP contribution < -0.4 is 10.4 Å². The van der Waals surface area contributed by atoms with Gasteiger partial charge in [0.25, 0.3) is 5.91 Å². The van der Waals surface area contributed by atoms with Gasteiger partial charge in [0.15, 0.2) is 6.61 Å². The van der Waals surface area contributed by atoms with Gasteiger partial charge in [0, 0.05) is 28.4 Å². The smallest absolute Gasteiger partial charge is 0.336 e. The molecule has 0 saturated heterocycles. The van der Waals surface area contributed by atoms with E-state index in [9.17, 15) is 9.59 Å². The van der Waals surface area contributed by atoms with Gasteiger partial charge in [-0.2, -0.15) is 0 Å². The normalized spacial score (nSPS) is 13.8. The number of amides is 1. The number of nitrogens with zero attached hydrogens (tertiary/aromatic N) is 1. The quantitative estimate of drug-likeness (QED) is 0.636. The van der Waals surface area contributed by atoms with Gasteiger partial charge < -0.3 is 14.1 Å². The first-order valence-corrected chi connectivity index (χ1v) is 9.05. The molecule has 1 amide bonds. The Labute approximate surface area is 148 Å². The molecule has 4 rings (SSSR count). The molecule has 128 valence electrons. The molecule has 0 bridgehead atoms. The molecule has 5 nitrogen and oxygen atoms in total. The van der Waals surface area contributed by atoms with Crippen molar-refractivity contribution in [2.45, 2.75) is 25.4 Å². The molecule has 1 aliphatic rings. The van der Waals surface area contributed by atoms with E-state index < -0.39 is 5.63 Å². The van der Waals surface area contributed by atoms with Crippen LogP contribution in [0.15, 0.2) is 57.1 Å². The average Bonchev–Trinajstić information content (AvgIpc) is 3.33. The van der Waals surface area contributed by atoms with Gasteiger partial charge in [0.2, 0.25) is 0 Å². The zero-order valence-corrected chi connectivity index (χ0v) is 14.3. The van der Waals surface area contributed by atoms with Crippen LogP contribution in [-0.4, -0.2) is 23.5 Å². The first-order chi connectivity index (χ1) is 12.2. The lowest BCUT2D eigenvalue weighted by Crippen LogP contribution is -2.36. The minimum atomic E-state index is -0.406. The van der Waals surface area contributed by atoms with Gasteiger partial charge >= 0.3 is 5.63 Å². The van der Waals surface area contributed by atoms with Crippen LogP contribution in [0.5, 0.6) is 5.75 Å². The fourth-order valence-corrected chi connectivity index (χ4v) is 3.44. The maximum atomic E-state index is 12.6. The molecule has 1 fully saturated rings. The third-order valence-corrected chi connectivity index (χ3v) is 5.03. The van der Waals surface area contributed by atoms with E-state index >= 15 is 0 Å². The molecule has 1 aromatic carbocycles. The monoisotopic (exact) mass is 355 g/mol. The summed E-state index contributed by atoms with van der Waals surface area (Å²) in [5, 5.41) is 2.83. The molecule has 0 aliphatic heterocycles. The maximum absolute atomic E-state index is 12.6. The van der Waals surface area contributed by atoms with Crippen LogP contribution in [0.4, 0.5) is 0 Å². The molecule has 1 aliphatic carbocycles. The van der Waals surface area contributed by atoms with Gasteiger partial charge in [-0.25, -0.2) is 4.79 Å². The maximum Gasteiger partial charge on any atom is 0.336 e. The lowest BCUT2D eigenvalue weighted by Gasteiger charge is -2.21. The van der Waals surface area contributed by atoms with Gasteiger partial charge in [-0.3, -0.25) is 4.79 Å². The minimum absolute atomic E-state index is 0.0227. The number of hydrogen-bond acceptors (Lipinski definition) is 5. The van der Waals surface area contributed by atoms with Crippen molar-refractivity contribution in [2.24, 2.45) is 0 Å². The molecule has 0 unspecified atom stereocenters. The Morgan fingerprint density at radius 3 is 2.84 bits per heavy atom. The van der Waals surface area contributed by atoms with Crippen molar-refractivity contribution in [3.63, 3.8) is 0 Å². The van der Waals surface area contributed by atoms with E-state index in [-0.39, 0.29) is 12.5 Å². The Kier molecular flexibility index (Phi) is 4.28. The highest BCUT2D eigenvalue weighted by Gasteiger charge is 2.32. The highest BCUT2D eigenvalue weighted by atomic mass is 32.1. The first-order valence-electron chi connectivity index (χ1n) is 8.17. The van der Waals surface area contributed by atoms with Crippen LogP contribution in [0.25, 0.3) is 11.0 Å². The van der Waals surface area contributed by atoms with Crippen molar-refractivity contribution in [3.8, 4) is 5.75 Å². The second-order valence-electron chi connectivity index (χ2n) is 6.07. The third-order valence-electron chi connectivity index (χ3n) is 4.17. The highest BCUT2D eigenvalue weighted by molar-refractivity contribution is 7.09. The van der Waals surface area contributed by atoms with Crippen molar-refractivity contribution in [2.75, 3.05) is 6.61 Å². The SMILES string of the molecule is O=C(COc1ccc2ccc(=O)oc2c1)N(Cc1cccs1)C1CC1. The molecule has 2 heterocycles. The number of ether oxygens (including phenoxy) is 1. The summed E-state index contributed by atoms with van der Waals surface area (Å²) in [7, 11) is 0. The fraction of sp³-hybridized carbons (Fsp3) is 0.263. The zero-order valence-electron chi connectivity index (χ0n) is 13.5. The molecule has 25 heavy (non-hydrogen) atoms. The second-order valence-corrected chi connectivity index (χ2v) is 7.11. The van der Waals surface area contributed by atoms with Crippen LogP contribution in [0.2, 0.25) is 0 Å². The van der Waals surface area contributed by atoms with E-state index in [1.807, 2.05) is 28.5 Å². The lowest BCUT2D eigenvalue weighted by atomic mass is 10.2. The number of carbonyl (C=O) groups excluding carboxylic acids is 1. The Hall–Kier alpha value is -2.60. The summed E-state index contributed by atoms with van der Waals surface area (Å²) >= 11 is 1.65. The summed E-state index contributed by atoms with van der Waals surface area (Å²) in [6.45, 7) is 0.613. The molecule has 0 atom stereocenters. The predicted octanol–water partition coefficient (Wildman–Crippen LogP) is 3.42. The van der Waals surface area contributed by atoms with E-state index in [1.165, 1.54) is 10.9 Å². The molecule has 0 radical (unpaired) electrons. The van der Waals surface area contributed by atoms with Crippen molar-refractivity contribution in [1.82, 2.24) is 4.90 Å².